The van der Waals surface area contributed by atoms with Crippen LogP contribution in [0.3, 0.4) is 0 Å². The maximum Gasteiger partial charge on any atom is 0.325 e. The second kappa shape index (κ2) is 8.60. The molecule has 2 heterocycles. The van der Waals surface area contributed by atoms with Crippen LogP contribution in [0.2, 0.25) is 0 Å². The minimum Gasteiger partial charge on any atom is -0.336 e. The third-order valence-electron chi connectivity index (χ3n) is 6.01. The Bertz CT molecular complexity index is 934. The zero-order chi connectivity index (χ0) is 21.1. The van der Waals surface area contributed by atoms with Gasteiger partial charge in [0.1, 0.15) is 12.1 Å². The monoisotopic (exact) mass is 425 g/mol. The van der Waals surface area contributed by atoms with Gasteiger partial charge in [-0.15, -0.1) is 11.3 Å². The van der Waals surface area contributed by atoms with Crippen molar-refractivity contribution < 1.29 is 14.4 Å². The second-order valence-corrected chi connectivity index (χ2v) is 9.55. The first-order valence-electron chi connectivity index (χ1n) is 10.5. The third-order valence-corrected chi connectivity index (χ3v) is 6.99. The SMILES string of the molecule is Cc1ccc(CN(CCc2ccccc2)C(=O)CN2C(=O)NC3(CCCC3)C2=O)s1. The highest BCUT2D eigenvalue weighted by molar-refractivity contribution is 7.11. The molecule has 7 heteroatoms. The van der Waals surface area contributed by atoms with Crippen LogP contribution in [0.15, 0.2) is 42.5 Å². The molecule has 1 aromatic heterocycles. The molecule has 0 atom stereocenters. The van der Waals surface area contributed by atoms with Gasteiger partial charge in [-0.2, -0.15) is 0 Å². The maximum atomic E-state index is 13.2. The lowest BCUT2D eigenvalue weighted by Crippen LogP contribution is -2.46. The molecule has 1 spiro atoms. The largest absolute Gasteiger partial charge is 0.336 e. The summed E-state index contributed by atoms with van der Waals surface area (Å²) in [6.07, 6.45) is 3.90. The molecule has 0 bridgehead atoms. The van der Waals surface area contributed by atoms with Crippen LogP contribution < -0.4 is 5.32 Å². The van der Waals surface area contributed by atoms with Crippen LogP contribution in [-0.2, 0) is 22.6 Å². The summed E-state index contributed by atoms with van der Waals surface area (Å²) in [6.45, 7) is 2.86. The molecule has 1 aromatic carbocycles. The molecule has 4 rings (SSSR count). The van der Waals surface area contributed by atoms with E-state index >= 15 is 0 Å². The first-order valence-corrected chi connectivity index (χ1v) is 11.3. The molecule has 1 N–H and O–H groups in total. The van der Waals surface area contributed by atoms with Crippen molar-refractivity contribution in [3.05, 3.63) is 57.8 Å². The average molecular weight is 426 g/mol. The van der Waals surface area contributed by atoms with Crippen LogP contribution in [0.5, 0.6) is 0 Å². The van der Waals surface area contributed by atoms with E-state index < -0.39 is 11.6 Å². The number of aryl methyl sites for hydroxylation is 1. The fraction of sp³-hybridized carbons (Fsp3) is 0.435. The Kier molecular flexibility index (Phi) is 5.90. The zero-order valence-corrected chi connectivity index (χ0v) is 18.0. The Morgan fingerprint density at radius 1 is 1.13 bits per heavy atom. The van der Waals surface area contributed by atoms with Crippen molar-refractivity contribution in [1.82, 2.24) is 15.1 Å². The van der Waals surface area contributed by atoms with E-state index in [4.69, 9.17) is 0 Å². The summed E-state index contributed by atoms with van der Waals surface area (Å²) in [5, 5.41) is 2.85. The van der Waals surface area contributed by atoms with E-state index in [9.17, 15) is 14.4 Å². The molecule has 0 unspecified atom stereocenters. The summed E-state index contributed by atoms with van der Waals surface area (Å²) in [6, 6.07) is 13.7. The molecule has 1 aliphatic carbocycles. The molecule has 1 saturated carbocycles. The third kappa shape index (κ3) is 4.26. The molecule has 0 radical (unpaired) electrons. The molecule has 158 valence electrons. The number of amides is 4. The van der Waals surface area contributed by atoms with E-state index in [1.807, 2.05) is 49.4 Å². The molecule has 2 aromatic rings. The van der Waals surface area contributed by atoms with Gasteiger partial charge in [0.15, 0.2) is 0 Å². The molecule has 30 heavy (non-hydrogen) atoms. The van der Waals surface area contributed by atoms with Gasteiger partial charge in [-0.1, -0.05) is 43.2 Å². The van der Waals surface area contributed by atoms with Crippen LogP contribution >= 0.6 is 11.3 Å². The summed E-state index contributed by atoms with van der Waals surface area (Å²) in [5.41, 5.74) is 0.370. The van der Waals surface area contributed by atoms with Crippen LogP contribution in [0.1, 0.15) is 41.0 Å². The molecular formula is C23H27N3O3S. The lowest BCUT2D eigenvalue weighted by molar-refractivity contribution is -0.139. The van der Waals surface area contributed by atoms with Crippen molar-refractivity contribution in [2.45, 2.75) is 51.1 Å². The number of carbonyl (C=O) groups is 3. The van der Waals surface area contributed by atoms with Crippen LogP contribution in [-0.4, -0.2) is 46.3 Å². The highest BCUT2D eigenvalue weighted by atomic mass is 32.1. The highest BCUT2D eigenvalue weighted by Gasteiger charge is 2.52. The number of benzene rings is 1. The van der Waals surface area contributed by atoms with Gasteiger partial charge in [-0.3, -0.25) is 14.5 Å². The lowest BCUT2D eigenvalue weighted by atomic mass is 9.98. The number of carbonyl (C=O) groups excluding carboxylic acids is 3. The fourth-order valence-electron chi connectivity index (χ4n) is 4.33. The quantitative estimate of drug-likeness (QED) is 0.691. The van der Waals surface area contributed by atoms with Gasteiger partial charge < -0.3 is 10.2 Å². The van der Waals surface area contributed by atoms with Crippen LogP contribution in [0.25, 0.3) is 0 Å². The van der Waals surface area contributed by atoms with Gasteiger partial charge in [-0.25, -0.2) is 4.79 Å². The standard InChI is InChI=1S/C23H27N3O3S/c1-17-9-10-19(30-17)15-25(14-11-18-7-3-2-4-8-18)20(27)16-26-21(28)23(24-22(26)29)12-5-6-13-23/h2-4,7-10H,5-6,11-16H2,1H3,(H,24,29). The number of hydrogen-bond acceptors (Lipinski definition) is 4. The van der Waals surface area contributed by atoms with Gasteiger partial charge in [-0.05, 0) is 43.9 Å². The topological polar surface area (TPSA) is 69.7 Å². The average Bonchev–Trinajstić information content (AvgIpc) is 3.43. The maximum absolute atomic E-state index is 13.2. The first kappa shape index (κ1) is 20.6. The summed E-state index contributed by atoms with van der Waals surface area (Å²) in [4.78, 5) is 43.7. The van der Waals surface area contributed by atoms with Crippen molar-refractivity contribution in [3.8, 4) is 0 Å². The van der Waals surface area contributed by atoms with E-state index in [1.165, 1.54) is 4.88 Å². The van der Waals surface area contributed by atoms with Crippen LogP contribution in [0, 0.1) is 6.92 Å². The van der Waals surface area contributed by atoms with Crippen molar-refractivity contribution in [3.63, 3.8) is 0 Å². The molecule has 4 amide bonds. The molecule has 1 saturated heterocycles. The van der Waals surface area contributed by atoms with Gasteiger partial charge in [0, 0.05) is 16.3 Å². The number of rotatable bonds is 7. The highest BCUT2D eigenvalue weighted by Crippen LogP contribution is 2.35. The number of thiophene rings is 1. The number of hydrogen-bond donors (Lipinski definition) is 1. The van der Waals surface area contributed by atoms with Gasteiger partial charge in [0.25, 0.3) is 5.91 Å². The second-order valence-electron chi connectivity index (χ2n) is 8.17. The number of urea groups is 1. The van der Waals surface area contributed by atoms with E-state index in [1.54, 1.807) is 16.2 Å². The zero-order valence-electron chi connectivity index (χ0n) is 17.2. The minimum atomic E-state index is -0.781. The van der Waals surface area contributed by atoms with E-state index in [2.05, 4.69) is 5.32 Å². The van der Waals surface area contributed by atoms with E-state index in [-0.39, 0.29) is 18.4 Å². The van der Waals surface area contributed by atoms with Crippen LogP contribution in [0.4, 0.5) is 4.79 Å². The molecule has 1 aliphatic heterocycles. The van der Waals surface area contributed by atoms with Gasteiger partial charge in [0.2, 0.25) is 5.91 Å². The Morgan fingerprint density at radius 3 is 2.53 bits per heavy atom. The Labute approximate surface area is 180 Å². The summed E-state index contributed by atoms with van der Waals surface area (Å²) in [7, 11) is 0. The van der Waals surface area contributed by atoms with Crippen molar-refractivity contribution in [2.75, 3.05) is 13.1 Å². The first-order chi connectivity index (χ1) is 14.5. The number of imide groups is 1. The van der Waals surface area contributed by atoms with Crippen molar-refractivity contribution in [1.29, 1.82) is 0 Å². The smallest absolute Gasteiger partial charge is 0.325 e. The normalized spacial score (nSPS) is 17.6. The van der Waals surface area contributed by atoms with E-state index in [0.29, 0.717) is 25.9 Å². The molecule has 6 nitrogen and oxygen atoms in total. The van der Waals surface area contributed by atoms with E-state index in [0.717, 1.165) is 34.6 Å². The predicted octanol–water partition coefficient (Wildman–Crippen LogP) is 3.49. The Hall–Kier alpha value is -2.67. The Balaban J connectivity index is 1.47. The molecular weight excluding hydrogens is 398 g/mol. The summed E-state index contributed by atoms with van der Waals surface area (Å²) >= 11 is 1.66. The number of nitrogens with zero attached hydrogens (tertiary/aromatic N) is 2. The van der Waals surface area contributed by atoms with Crippen molar-refractivity contribution >= 4 is 29.2 Å². The number of nitrogens with one attached hydrogen (secondary N) is 1. The van der Waals surface area contributed by atoms with Crippen molar-refractivity contribution in [2.24, 2.45) is 0 Å². The molecule has 2 aliphatic rings. The van der Waals surface area contributed by atoms with Gasteiger partial charge >= 0.3 is 6.03 Å². The predicted molar refractivity (Wildman–Crippen MR) is 116 cm³/mol. The fourth-order valence-corrected chi connectivity index (χ4v) is 5.24. The summed E-state index contributed by atoms with van der Waals surface area (Å²) in [5.74, 6) is -0.441. The van der Waals surface area contributed by atoms with Gasteiger partial charge in [0.05, 0.1) is 6.54 Å². The Morgan fingerprint density at radius 2 is 1.87 bits per heavy atom. The molecule has 2 fully saturated rings. The lowest BCUT2D eigenvalue weighted by Gasteiger charge is -2.25. The summed E-state index contributed by atoms with van der Waals surface area (Å²) < 4.78 is 0. The minimum absolute atomic E-state index is 0.199.